The highest BCUT2D eigenvalue weighted by molar-refractivity contribution is 9.10. The summed E-state index contributed by atoms with van der Waals surface area (Å²) in [7, 11) is -3.47. The summed E-state index contributed by atoms with van der Waals surface area (Å²) in [5.41, 5.74) is 0. The Morgan fingerprint density at radius 3 is 2.72 bits per heavy atom. The van der Waals surface area contributed by atoms with Crippen LogP contribution >= 0.6 is 27.5 Å². The third-order valence-electron chi connectivity index (χ3n) is 3.29. The SMILES string of the molecule is O=S(=O)(NC1CCCC1CCl)c1ccccc1Br. The first-order chi connectivity index (χ1) is 8.54. The van der Waals surface area contributed by atoms with E-state index in [9.17, 15) is 8.42 Å². The van der Waals surface area contributed by atoms with Crippen LogP contribution in [0.25, 0.3) is 0 Å². The molecule has 0 amide bonds. The van der Waals surface area contributed by atoms with Gasteiger partial charge in [-0.15, -0.1) is 11.6 Å². The Morgan fingerprint density at radius 2 is 2.06 bits per heavy atom. The Kier molecular flexibility index (Phi) is 4.69. The monoisotopic (exact) mass is 351 g/mol. The van der Waals surface area contributed by atoms with Gasteiger partial charge in [0.15, 0.2) is 0 Å². The third kappa shape index (κ3) is 3.07. The Bertz CT molecular complexity index is 521. The average molecular weight is 353 g/mol. The molecular formula is C12H15BrClNO2S. The van der Waals surface area contributed by atoms with E-state index in [0.29, 0.717) is 10.4 Å². The molecule has 2 rings (SSSR count). The largest absolute Gasteiger partial charge is 0.241 e. The zero-order valence-electron chi connectivity index (χ0n) is 9.77. The number of sulfonamides is 1. The Balaban J connectivity index is 2.20. The first-order valence-electron chi connectivity index (χ1n) is 5.87. The van der Waals surface area contributed by atoms with E-state index in [1.807, 2.05) is 0 Å². The quantitative estimate of drug-likeness (QED) is 0.846. The second-order valence-electron chi connectivity index (χ2n) is 4.50. The lowest BCUT2D eigenvalue weighted by molar-refractivity contribution is 0.480. The molecule has 0 aromatic heterocycles. The van der Waals surface area contributed by atoms with Gasteiger partial charge in [-0.1, -0.05) is 18.6 Å². The van der Waals surface area contributed by atoms with Crippen LogP contribution in [0.1, 0.15) is 19.3 Å². The van der Waals surface area contributed by atoms with Gasteiger partial charge in [-0.25, -0.2) is 13.1 Å². The van der Waals surface area contributed by atoms with Crippen molar-refractivity contribution >= 4 is 37.6 Å². The Morgan fingerprint density at radius 1 is 1.33 bits per heavy atom. The molecule has 2 unspecified atom stereocenters. The fourth-order valence-corrected chi connectivity index (χ4v) is 5.01. The Hall–Kier alpha value is -0.100. The van der Waals surface area contributed by atoms with Gasteiger partial charge in [0.1, 0.15) is 0 Å². The molecule has 1 N–H and O–H groups in total. The summed E-state index contributed by atoms with van der Waals surface area (Å²) >= 11 is 9.13. The van der Waals surface area contributed by atoms with Gasteiger partial charge >= 0.3 is 0 Å². The van der Waals surface area contributed by atoms with Crippen LogP contribution in [-0.2, 0) is 10.0 Å². The highest BCUT2D eigenvalue weighted by atomic mass is 79.9. The second-order valence-corrected chi connectivity index (χ2v) is 7.35. The minimum absolute atomic E-state index is 0.0420. The summed E-state index contributed by atoms with van der Waals surface area (Å²) in [6, 6.07) is 6.78. The molecule has 1 aromatic carbocycles. The van der Waals surface area contributed by atoms with E-state index in [1.165, 1.54) is 0 Å². The summed E-state index contributed by atoms with van der Waals surface area (Å²) in [6.07, 6.45) is 2.88. The molecular weight excluding hydrogens is 338 g/mol. The van der Waals surface area contributed by atoms with Crippen LogP contribution in [0.2, 0.25) is 0 Å². The number of rotatable bonds is 4. The van der Waals surface area contributed by atoms with Gasteiger partial charge in [0, 0.05) is 16.4 Å². The van der Waals surface area contributed by atoms with Gasteiger partial charge in [-0.2, -0.15) is 0 Å². The van der Waals surface area contributed by atoms with Crippen LogP contribution in [0.5, 0.6) is 0 Å². The van der Waals surface area contributed by atoms with Crippen LogP contribution in [0.4, 0.5) is 0 Å². The Labute approximate surface area is 121 Å². The zero-order chi connectivity index (χ0) is 13.2. The number of nitrogens with one attached hydrogen (secondary N) is 1. The molecule has 1 aromatic rings. The van der Waals surface area contributed by atoms with Gasteiger partial charge in [-0.3, -0.25) is 0 Å². The van der Waals surface area contributed by atoms with E-state index in [2.05, 4.69) is 20.7 Å². The number of alkyl halides is 1. The molecule has 0 bridgehead atoms. The van der Waals surface area contributed by atoms with Gasteiger partial charge in [-0.05, 0) is 46.8 Å². The van der Waals surface area contributed by atoms with Gasteiger partial charge in [0.05, 0.1) is 4.90 Å². The molecule has 1 aliphatic rings. The summed E-state index contributed by atoms with van der Waals surface area (Å²) in [6.45, 7) is 0. The van der Waals surface area contributed by atoms with E-state index >= 15 is 0 Å². The minimum atomic E-state index is -3.47. The smallest absolute Gasteiger partial charge is 0.208 e. The van der Waals surface area contributed by atoms with Gasteiger partial charge in [0.2, 0.25) is 10.0 Å². The maximum Gasteiger partial charge on any atom is 0.241 e. The molecule has 1 aliphatic carbocycles. The standard InChI is InChI=1S/C12H15BrClNO2S/c13-10-5-1-2-7-12(10)18(16,17)15-11-6-3-4-9(11)8-14/h1-2,5,7,9,11,15H,3-4,6,8H2. The van der Waals surface area contributed by atoms with E-state index in [-0.39, 0.29) is 16.9 Å². The molecule has 2 atom stereocenters. The first-order valence-corrected chi connectivity index (χ1v) is 8.68. The number of hydrogen-bond acceptors (Lipinski definition) is 2. The van der Waals surface area contributed by atoms with Crippen molar-refractivity contribution in [2.75, 3.05) is 5.88 Å². The van der Waals surface area contributed by atoms with Crippen molar-refractivity contribution in [3.8, 4) is 0 Å². The van der Waals surface area contributed by atoms with Gasteiger partial charge < -0.3 is 0 Å². The molecule has 18 heavy (non-hydrogen) atoms. The minimum Gasteiger partial charge on any atom is -0.208 e. The van der Waals surface area contributed by atoms with Crippen molar-refractivity contribution in [1.82, 2.24) is 4.72 Å². The van der Waals surface area contributed by atoms with Crippen LogP contribution in [0.15, 0.2) is 33.6 Å². The van der Waals surface area contributed by atoms with Crippen molar-refractivity contribution in [1.29, 1.82) is 0 Å². The number of halogens is 2. The van der Waals surface area contributed by atoms with Crippen molar-refractivity contribution in [2.24, 2.45) is 5.92 Å². The van der Waals surface area contributed by atoms with Crippen molar-refractivity contribution in [3.05, 3.63) is 28.7 Å². The lowest BCUT2D eigenvalue weighted by Crippen LogP contribution is -2.38. The molecule has 0 radical (unpaired) electrons. The molecule has 0 spiro atoms. The zero-order valence-corrected chi connectivity index (χ0v) is 12.9. The fraction of sp³-hybridized carbons (Fsp3) is 0.500. The lowest BCUT2D eigenvalue weighted by atomic mass is 10.1. The van der Waals surface area contributed by atoms with E-state index in [4.69, 9.17) is 11.6 Å². The molecule has 6 heteroatoms. The van der Waals surface area contributed by atoms with E-state index < -0.39 is 10.0 Å². The number of benzene rings is 1. The first kappa shape index (κ1) is 14.3. The highest BCUT2D eigenvalue weighted by Gasteiger charge is 2.31. The third-order valence-corrected chi connectivity index (χ3v) is 6.19. The van der Waals surface area contributed by atoms with Crippen LogP contribution < -0.4 is 4.72 Å². The van der Waals surface area contributed by atoms with Crippen molar-refractivity contribution in [3.63, 3.8) is 0 Å². The average Bonchev–Trinajstić information content (AvgIpc) is 2.76. The summed E-state index contributed by atoms with van der Waals surface area (Å²) in [4.78, 5) is 0.283. The van der Waals surface area contributed by atoms with E-state index in [1.54, 1.807) is 24.3 Å². The number of hydrogen-bond donors (Lipinski definition) is 1. The summed E-state index contributed by atoms with van der Waals surface area (Å²) in [5.74, 6) is 0.743. The summed E-state index contributed by atoms with van der Waals surface area (Å²) < 4.78 is 27.9. The molecule has 100 valence electrons. The van der Waals surface area contributed by atoms with Gasteiger partial charge in [0.25, 0.3) is 0 Å². The maximum absolute atomic E-state index is 12.3. The normalized spacial score (nSPS) is 24.3. The van der Waals surface area contributed by atoms with Crippen LogP contribution in [-0.4, -0.2) is 20.3 Å². The van der Waals surface area contributed by atoms with Crippen molar-refractivity contribution < 1.29 is 8.42 Å². The van der Waals surface area contributed by atoms with Crippen LogP contribution in [0.3, 0.4) is 0 Å². The molecule has 0 saturated heterocycles. The lowest BCUT2D eigenvalue weighted by Gasteiger charge is -2.19. The second kappa shape index (κ2) is 5.90. The molecule has 0 aliphatic heterocycles. The molecule has 3 nitrogen and oxygen atoms in total. The maximum atomic E-state index is 12.3. The topological polar surface area (TPSA) is 46.2 Å². The highest BCUT2D eigenvalue weighted by Crippen LogP contribution is 2.29. The summed E-state index contributed by atoms with van der Waals surface area (Å²) in [5, 5.41) is 0. The molecule has 0 heterocycles. The molecule has 1 saturated carbocycles. The fourth-order valence-electron chi connectivity index (χ4n) is 2.30. The van der Waals surface area contributed by atoms with Crippen molar-refractivity contribution in [2.45, 2.75) is 30.2 Å². The van der Waals surface area contributed by atoms with E-state index in [0.717, 1.165) is 19.3 Å². The predicted octanol–water partition coefficient (Wildman–Crippen LogP) is 3.13. The predicted molar refractivity (Wildman–Crippen MR) is 76.3 cm³/mol. The van der Waals surface area contributed by atoms with Crippen LogP contribution in [0, 0.1) is 5.92 Å². The molecule has 1 fully saturated rings.